The lowest BCUT2D eigenvalue weighted by Crippen LogP contribution is -2.02. The van der Waals surface area contributed by atoms with E-state index >= 15 is 0 Å². The van der Waals surface area contributed by atoms with Crippen molar-refractivity contribution >= 4 is 0 Å². The predicted molar refractivity (Wildman–Crippen MR) is 75.7 cm³/mol. The van der Waals surface area contributed by atoms with Gasteiger partial charge in [-0.15, -0.1) is 0 Å². The molecule has 0 aliphatic heterocycles. The van der Waals surface area contributed by atoms with E-state index in [-0.39, 0.29) is 5.41 Å². The Balaban J connectivity index is 4.69. The minimum atomic E-state index is 0.283. The lowest BCUT2D eigenvalue weighted by atomic mass is 9.90. The summed E-state index contributed by atoms with van der Waals surface area (Å²) in [5.41, 5.74) is 3.17. The van der Waals surface area contributed by atoms with Crippen LogP contribution in [-0.2, 0) is 0 Å². The summed E-state index contributed by atoms with van der Waals surface area (Å²) in [4.78, 5) is 0. The van der Waals surface area contributed by atoms with E-state index < -0.39 is 0 Å². The minimum Gasteiger partial charge on any atom is -0.0782 e. The summed E-state index contributed by atoms with van der Waals surface area (Å²) in [5, 5.41) is 0. The van der Waals surface area contributed by atoms with Crippen molar-refractivity contribution < 1.29 is 0 Å². The van der Waals surface area contributed by atoms with Gasteiger partial charge in [0.2, 0.25) is 0 Å². The largest absolute Gasteiger partial charge is 0.0782 e. The Labute approximate surface area is 103 Å². The summed E-state index contributed by atoms with van der Waals surface area (Å²) in [6.07, 6.45) is 8.69. The first-order valence-electron chi connectivity index (χ1n) is 6.68. The molecule has 1 atom stereocenters. The highest BCUT2D eigenvalue weighted by molar-refractivity contribution is 5.28. The maximum Gasteiger partial charge on any atom is -0.0197 e. The monoisotopic (exact) mass is 222 g/mol. The van der Waals surface area contributed by atoms with Crippen LogP contribution in [0.15, 0.2) is 23.3 Å². The van der Waals surface area contributed by atoms with Gasteiger partial charge in [0.25, 0.3) is 0 Å². The molecule has 0 aromatic rings. The Morgan fingerprint density at radius 3 is 2.00 bits per heavy atom. The van der Waals surface area contributed by atoms with E-state index in [0.717, 1.165) is 5.92 Å². The SMILES string of the molecule is CCCC(C=C(C)C(C)=CC(C)(C)C)CC. The molecular formula is C16H30. The average molecular weight is 222 g/mol. The van der Waals surface area contributed by atoms with Crippen LogP contribution in [0.3, 0.4) is 0 Å². The first-order valence-corrected chi connectivity index (χ1v) is 6.68. The second-order valence-corrected chi connectivity index (χ2v) is 6.00. The Kier molecular flexibility index (Phi) is 6.71. The first kappa shape index (κ1) is 15.5. The first-order chi connectivity index (χ1) is 7.30. The molecule has 0 fully saturated rings. The number of allylic oxidation sites excluding steroid dienone is 4. The molecule has 1 unspecified atom stereocenters. The smallest absolute Gasteiger partial charge is 0.0197 e. The topological polar surface area (TPSA) is 0 Å². The van der Waals surface area contributed by atoms with Crippen molar-refractivity contribution in [2.24, 2.45) is 11.3 Å². The van der Waals surface area contributed by atoms with Crippen LogP contribution in [-0.4, -0.2) is 0 Å². The molecule has 0 N–H and O–H groups in total. The zero-order valence-corrected chi connectivity index (χ0v) is 12.4. The van der Waals surface area contributed by atoms with Crippen LogP contribution in [0.4, 0.5) is 0 Å². The molecule has 0 bridgehead atoms. The molecule has 0 aromatic heterocycles. The maximum atomic E-state index is 2.46. The predicted octanol–water partition coefficient (Wildman–Crippen LogP) is 5.75. The van der Waals surface area contributed by atoms with Gasteiger partial charge in [0.1, 0.15) is 0 Å². The maximum absolute atomic E-state index is 2.46. The summed E-state index contributed by atoms with van der Waals surface area (Å²) in [6.45, 7) is 15.8. The van der Waals surface area contributed by atoms with Gasteiger partial charge in [-0.1, -0.05) is 64.3 Å². The van der Waals surface area contributed by atoms with Crippen molar-refractivity contribution in [2.75, 3.05) is 0 Å². The number of hydrogen-bond acceptors (Lipinski definition) is 0. The highest BCUT2D eigenvalue weighted by Gasteiger charge is 2.08. The third-order valence-corrected chi connectivity index (χ3v) is 2.94. The summed E-state index contributed by atoms with van der Waals surface area (Å²) in [6, 6.07) is 0. The molecule has 0 spiro atoms. The van der Waals surface area contributed by atoms with Crippen LogP contribution in [0.2, 0.25) is 0 Å². The summed E-state index contributed by atoms with van der Waals surface area (Å²) in [5.74, 6) is 0.758. The van der Waals surface area contributed by atoms with E-state index in [0.29, 0.717) is 0 Å². The summed E-state index contributed by atoms with van der Waals surface area (Å²) >= 11 is 0. The average Bonchev–Trinajstić information content (AvgIpc) is 2.14. The van der Waals surface area contributed by atoms with Gasteiger partial charge >= 0.3 is 0 Å². The van der Waals surface area contributed by atoms with Crippen LogP contribution in [0.1, 0.15) is 67.7 Å². The Morgan fingerprint density at radius 1 is 1.06 bits per heavy atom. The van der Waals surface area contributed by atoms with Crippen LogP contribution < -0.4 is 0 Å². The van der Waals surface area contributed by atoms with Gasteiger partial charge in [-0.25, -0.2) is 0 Å². The van der Waals surface area contributed by atoms with Crippen molar-refractivity contribution in [3.63, 3.8) is 0 Å². The molecule has 0 aliphatic carbocycles. The molecule has 0 heteroatoms. The van der Waals surface area contributed by atoms with Gasteiger partial charge < -0.3 is 0 Å². The Hall–Kier alpha value is -0.520. The molecule has 0 nitrogen and oxygen atoms in total. The molecule has 0 radical (unpaired) electrons. The number of hydrogen-bond donors (Lipinski definition) is 0. The second-order valence-electron chi connectivity index (χ2n) is 6.00. The Bertz CT molecular complexity index is 248. The van der Waals surface area contributed by atoms with Gasteiger partial charge in [0.05, 0.1) is 0 Å². The fraction of sp³-hybridized carbons (Fsp3) is 0.750. The standard InChI is InChI=1S/C16H30/c1-8-10-15(9-2)11-13(3)14(4)12-16(5,6)7/h11-12,15H,8-10H2,1-7H3. The van der Waals surface area contributed by atoms with Crippen LogP contribution in [0.5, 0.6) is 0 Å². The van der Waals surface area contributed by atoms with E-state index in [1.165, 1.54) is 30.4 Å². The van der Waals surface area contributed by atoms with E-state index in [4.69, 9.17) is 0 Å². The van der Waals surface area contributed by atoms with E-state index in [9.17, 15) is 0 Å². The lowest BCUT2D eigenvalue weighted by Gasteiger charge is -2.16. The van der Waals surface area contributed by atoms with Crippen molar-refractivity contribution in [3.8, 4) is 0 Å². The van der Waals surface area contributed by atoms with E-state index in [1.54, 1.807) is 0 Å². The fourth-order valence-corrected chi connectivity index (χ4v) is 2.02. The zero-order valence-electron chi connectivity index (χ0n) is 12.4. The minimum absolute atomic E-state index is 0.283. The third-order valence-electron chi connectivity index (χ3n) is 2.94. The zero-order chi connectivity index (χ0) is 12.8. The molecule has 16 heavy (non-hydrogen) atoms. The summed E-state index contributed by atoms with van der Waals surface area (Å²) in [7, 11) is 0. The fourth-order valence-electron chi connectivity index (χ4n) is 2.02. The lowest BCUT2D eigenvalue weighted by molar-refractivity contribution is 0.539. The highest BCUT2D eigenvalue weighted by Crippen LogP contribution is 2.23. The van der Waals surface area contributed by atoms with Crippen LogP contribution in [0.25, 0.3) is 0 Å². The molecule has 94 valence electrons. The van der Waals surface area contributed by atoms with Gasteiger partial charge in [-0.05, 0) is 38.0 Å². The molecular weight excluding hydrogens is 192 g/mol. The summed E-state index contributed by atoms with van der Waals surface area (Å²) < 4.78 is 0. The van der Waals surface area contributed by atoms with Gasteiger partial charge in [-0.3, -0.25) is 0 Å². The quantitative estimate of drug-likeness (QED) is 0.519. The van der Waals surface area contributed by atoms with E-state index in [1.807, 2.05) is 0 Å². The molecule has 0 saturated carbocycles. The Morgan fingerprint density at radius 2 is 1.62 bits per heavy atom. The highest BCUT2D eigenvalue weighted by atomic mass is 14.1. The molecule has 0 rings (SSSR count). The van der Waals surface area contributed by atoms with Gasteiger partial charge in [0.15, 0.2) is 0 Å². The van der Waals surface area contributed by atoms with Crippen molar-refractivity contribution in [1.29, 1.82) is 0 Å². The molecule has 0 heterocycles. The van der Waals surface area contributed by atoms with Crippen molar-refractivity contribution in [2.45, 2.75) is 67.7 Å². The van der Waals surface area contributed by atoms with Crippen LogP contribution in [0, 0.1) is 11.3 Å². The van der Waals surface area contributed by atoms with Gasteiger partial charge in [-0.2, -0.15) is 0 Å². The molecule has 0 aliphatic rings. The molecule has 0 saturated heterocycles. The third kappa shape index (κ3) is 6.87. The number of rotatable bonds is 5. The van der Waals surface area contributed by atoms with Gasteiger partial charge in [0, 0.05) is 0 Å². The van der Waals surface area contributed by atoms with E-state index in [2.05, 4.69) is 60.6 Å². The van der Waals surface area contributed by atoms with Crippen LogP contribution >= 0.6 is 0 Å². The second kappa shape index (κ2) is 6.93. The molecule has 0 aromatic carbocycles. The van der Waals surface area contributed by atoms with Crippen molar-refractivity contribution in [1.82, 2.24) is 0 Å². The van der Waals surface area contributed by atoms with Crippen molar-refractivity contribution in [3.05, 3.63) is 23.3 Å². The molecule has 0 amide bonds. The normalized spacial score (nSPS) is 16.4.